The average Bonchev–Trinajstić information content (AvgIpc) is 3.37. The van der Waals surface area contributed by atoms with Crippen molar-refractivity contribution in [2.24, 2.45) is 0 Å². The van der Waals surface area contributed by atoms with E-state index >= 15 is 0 Å². The van der Waals surface area contributed by atoms with E-state index in [9.17, 15) is 9.59 Å². The Hall–Kier alpha value is -2.67. The van der Waals surface area contributed by atoms with Crippen molar-refractivity contribution in [1.29, 1.82) is 0 Å². The van der Waals surface area contributed by atoms with Gasteiger partial charge in [-0.1, -0.05) is 18.2 Å². The summed E-state index contributed by atoms with van der Waals surface area (Å²) in [5, 5.41) is 4.50. The standard InChI is InChI=1S/C18H20N4O3/c23-17(15-10-5-11-25-15)19-20-18(24)16-13-8-4-9-14(13)22(21-16)12-6-2-1-3-7-12/h1-3,6-7,15H,4-5,8-11H2,(H,19,23)(H,20,24). The van der Waals surface area contributed by atoms with Gasteiger partial charge in [-0.3, -0.25) is 20.4 Å². The highest BCUT2D eigenvalue weighted by atomic mass is 16.5. The smallest absolute Gasteiger partial charge is 0.290 e. The van der Waals surface area contributed by atoms with Crippen LogP contribution in [0.5, 0.6) is 0 Å². The summed E-state index contributed by atoms with van der Waals surface area (Å²) in [7, 11) is 0. The highest BCUT2D eigenvalue weighted by molar-refractivity contribution is 5.95. The number of hydrogen-bond acceptors (Lipinski definition) is 4. The lowest BCUT2D eigenvalue weighted by atomic mass is 10.2. The van der Waals surface area contributed by atoms with Crippen LogP contribution in [-0.4, -0.2) is 34.3 Å². The number of nitrogens with one attached hydrogen (secondary N) is 2. The maximum atomic E-state index is 12.5. The number of para-hydroxylation sites is 1. The Kier molecular flexibility index (Phi) is 4.23. The molecule has 1 saturated heterocycles. The second kappa shape index (κ2) is 6.68. The second-order valence-electron chi connectivity index (χ2n) is 6.32. The van der Waals surface area contributed by atoms with Crippen LogP contribution in [0.3, 0.4) is 0 Å². The Morgan fingerprint density at radius 3 is 2.72 bits per heavy atom. The minimum Gasteiger partial charge on any atom is -0.368 e. The number of nitrogens with zero attached hydrogens (tertiary/aromatic N) is 2. The molecule has 1 aromatic carbocycles. The topological polar surface area (TPSA) is 85.2 Å². The first-order valence-corrected chi connectivity index (χ1v) is 8.62. The third kappa shape index (κ3) is 3.02. The molecule has 0 spiro atoms. The molecule has 1 aromatic heterocycles. The second-order valence-corrected chi connectivity index (χ2v) is 6.32. The van der Waals surface area contributed by atoms with Crippen molar-refractivity contribution in [3.8, 4) is 5.69 Å². The van der Waals surface area contributed by atoms with E-state index in [1.54, 1.807) is 0 Å². The molecule has 0 saturated carbocycles. The number of rotatable bonds is 3. The van der Waals surface area contributed by atoms with Crippen LogP contribution in [-0.2, 0) is 22.4 Å². The Balaban J connectivity index is 1.52. The van der Waals surface area contributed by atoms with Gasteiger partial charge in [0.25, 0.3) is 11.8 Å². The van der Waals surface area contributed by atoms with Crippen molar-refractivity contribution < 1.29 is 14.3 Å². The summed E-state index contributed by atoms with van der Waals surface area (Å²) in [6.07, 6.45) is 3.79. The number of carbonyl (C=O) groups excluding carboxylic acids is 2. The van der Waals surface area contributed by atoms with Crippen LogP contribution in [0.2, 0.25) is 0 Å². The number of ether oxygens (including phenoxy) is 1. The van der Waals surface area contributed by atoms with Gasteiger partial charge in [0.15, 0.2) is 5.69 Å². The summed E-state index contributed by atoms with van der Waals surface area (Å²) in [6, 6.07) is 9.76. The van der Waals surface area contributed by atoms with E-state index in [2.05, 4.69) is 16.0 Å². The molecule has 2 aromatic rings. The van der Waals surface area contributed by atoms with Gasteiger partial charge in [0.05, 0.1) is 5.69 Å². The van der Waals surface area contributed by atoms with E-state index in [-0.39, 0.29) is 11.8 Å². The normalized spacial score (nSPS) is 18.8. The molecule has 1 aliphatic heterocycles. The van der Waals surface area contributed by atoms with Crippen LogP contribution in [0.15, 0.2) is 30.3 Å². The Morgan fingerprint density at radius 1 is 1.12 bits per heavy atom. The number of carbonyl (C=O) groups is 2. The van der Waals surface area contributed by atoms with Crippen LogP contribution in [0, 0.1) is 0 Å². The van der Waals surface area contributed by atoms with Crippen LogP contribution in [0.4, 0.5) is 0 Å². The SMILES string of the molecule is O=C(NNC(=O)C1CCCO1)c1nn(-c2ccccc2)c2c1CCC2. The summed E-state index contributed by atoms with van der Waals surface area (Å²) < 4.78 is 7.14. The molecule has 2 aliphatic rings. The van der Waals surface area contributed by atoms with Gasteiger partial charge in [0.2, 0.25) is 0 Å². The molecule has 25 heavy (non-hydrogen) atoms. The molecule has 1 atom stereocenters. The fourth-order valence-electron chi connectivity index (χ4n) is 3.45. The van der Waals surface area contributed by atoms with Crippen molar-refractivity contribution in [1.82, 2.24) is 20.6 Å². The van der Waals surface area contributed by atoms with Crippen LogP contribution < -0.4 is 10.9 Å². The van der Waals surface area contributed by atoms with Gasteiger partial charge in [0.1, 0.15) is 6.10 Å². The minimum atomic E-state index is -0.479. The van der Waals surface area contributed by atoms with E-state index in [0.29, 0.717) is 18.7 Å². The Morgan fingerprint density at radius 2 is 1.96 bits per heavy atom. The summed E-state index contributed by atoms with van der Waals surface area (Å²) in [4.78, 5) is 24.5. The molecule has 2 heterocycles. The molecule has 1 unspecified atom stereocenters. The summed E-state index contributed by atoms with van der Waals surface area (Å²) in [5.41, 5.74) is 8.27. The van der Waals surface area contributed by atoms with E-state index in [1.807, 2.05) is 35.0 Å². The van der Waals surface area contributed by atoms with E-state index in [4.69, 9.17) is 4.74 Å². The maximum absolute atomic E-state index is 12.5. The quantitative estimate of drug-likeness (QED) is 0.825. The van der Waals surface area contributed by atoms with Gasteiger partial charge in [-0.2, -0.15) is 5.10 Å². The molecule has 0 radical (unpaired) electrons. The first-order chi connectivity index (χ1) is 12.2. The zero-order valence-electron chi connectivity index (χ0n) is 13.8. The van der Waals surface area contributed by atoms with Crippen molar-refractivity contribution in [2.45, 2.75) is 38.2 Å². The van der Waals surface area contributed by atoms with Crippen LogP contribution in [0.1, 0.15) is 41.0 Å². The molecule has 7 heteroatoms. The van der Waals surface area contributed by atoms with Crippen molar-refractivity contribution >= 4 is 11.8 Å². The highest BCUT2D eigenvalue weighted by Gasteiger charge is 2.28. The molecular weight excluding hydrogens is 320 g/mol. The monoisotopic (exact) mass is 340 g/mol. The highest BCUT2D eigenvalue weighted by Crippen LogP contribution is 2.27. The lowest BCUT2D eigenvalue weighted by Crippen LogP contribution is -2.46. The zero-order chi connectivity index (χ0) is 17.2. The van der Waals surface area contributed by atoms with Gasteiger partial charge in [-0.05, 0) is 44.2 Å². The third-order valence-corrected chi connectivity index (χ3v) is 4.67. The van der Waals surface area contributed by atoms with E-state index in [1.165, 1.54) is 0 Å². The van der Waals surface area contributed by atoms with Gasteiger partial charge < -0.3 is 4.74 Å². The summed E-state index contributed by atoms with van der Waals surface area (Å²) >= 11 is 0. The van der Waals surface area contributed by atoms with Gasteiger partial charge in [-0.25, -0.2) is 4.68 Å². The Labute approximate surface area is 145 Å². The first-order valence-electron chi connectivity index (χ1n) is 8.62. The number of benzene rings is 1. The predicted molar refractivity (Wildman–Crippen MR) is 90.2 cm³/mol. The molecule has 1 fully saturated rings. The summed E-state index contributed by atoms with van der Waals surface area (Å²) in [6.45, 7) is 0.584. The number of hydrogen-bond donors (Lipinski definition) is 2. The van der Waals surface area contributed by atoms with Gasteiger partial charge in [-0.15, -0.1) is 0 Å². The summed E-state index contributed by atoms with van der Waals surface area (Å²) in [5.74, 6) is -0.704. The van der Waals surface area contributed by atoms with Crippen molar-refractivity contribution in [3.05, 3.63) is 47.3 Å². The average molecular weight is 340 g/mol. The molecule has 2 amide bonds. The van der Waals surface area contributed by atoms with E-state index < -0.39 is 6.10 Å². The molecule has 4 rings (SSSR count). The Bertz CT molecular complexity index is 794. The predicted octanol–water partition coefficient (Wildman–Crippen LogP) is 1.30. The fraction of sp³-hybridized carbons (Fsp3) is 0.389. The number of amides is 2. The lowest BCUT2D eigenvalue weighted by molar-refractivity contribution is -0.130. The molecule has 130 valence electrons. The zero-order valence-corrected chi connectivity index (χ0v) is 13.8. The van der Waals surface area contributed by atoms with Crippen molar-refractivity contribution in [3.63, 3.8) is 0 Å². The third-order valence-electron chi connectivity index (χ3n) is 4.67. The van der Waals surface area contributed by atoms with Crippen LogP contribution >= 0.6 is 0 Å². The molecule has 0 bridgehead atoms. The van der Waals surface area contributed by atoms with Crippen LogP contribution in [0.25, 0.3) is 5.69 Å². The maximum Gasteiger partial charge on any atom is 0.290 e. The molecule has 2 N–H and O–H groups in total. The lowest BCUT2D eigenvalue weighted by Gasteiger charge is -2.11. The van der Waals surface area contributed by atoms with Gasteiger partial charge >= 0.3 is 0 Å². The molecule has 7 nitrogen and oxygen atoms in total. The largest absolute Gasteiger partial charge is 0.368 e. The van der Waals surface area contributed by atoms with E-state index in [0.717, 1.165) is 42.6 Å². The van der Waals surface area contributed by atoms with Crippen molar-refractivity contribution in [2.75, 3.05) is 6.61 Å². The number of fused-ring (bicyclic) bond motifs is 1. The first kappa shape index (κ1) is 15.8. The fourth-order valence-corrected chi connectivity index (χ4v) is 3.45. The molecular formula is C18H20N4O3. The number of aromatic nitrogens is 2. The number of hydrazine groups is 1. The minimum absolute atomic E-state index is 0.315. The van der Waals surface area contributed by atoms with Gasteiger partial charge in [0, 0.05) is 17.9 Å². The molecule has 1 aliphatic carbocycles.